The van der Waals surface area contributed by atoms with Crippen molar-refractivity contribution in [1.29, 1.82) is 0 Å². The Morgan fingerprint density at radius 1 is 1.18 bits per heavy atom. The van der Waals surface area contributed by atoms with Crippen LogP contribution in [-0.4, -0.2) is 113 Å². The van der Waals surface area contributed by atoms with Gasteiger partial charge in [-0.1, -0.05) is 52.0 Å². The summed E-state index contributed by atoms with van der Waals surface area (Å²) in [4.78, 5) is 39.3. The molecular formula is C37H60N2O10. The zero-order chi connectivity index (χ0) is 36.3. The third-order valence-electron chi connectivity index (χ3n) is 9.94. The van der Waals surface area contributed by atoms with Crippen molar-refractivity contribution in [2.24, 2.45) is 17.8 Å². The first-order valence-corrected chi connectivity index (χ1v) is 17.9. The van der Waals surface area contributed by atoms with Gasteiger partial charge in [0.2, 0.25) is 0 Å². The van der Waals surface area contributed by atoms with E-state index in [0.717, 1.165) is 25.2 Å². The van der Waals surface area contributed by atoms with Gasteiger partial charge in [-0.2, -0.15) is 0 Å². The first kappa shape index (κ1) is 40.7. The highest BCUT2D eigenvalue weighted by molar-refractivity contribution is 5.70. The Morgan fingerprint density at radius 3 is 2.53 bits per heavy atom. The molecule has 11 unspecified atom stereocenters. The molecule has 0 saturated carbocycles. The summed E-state index contributed by atoms with van der Waals surface area (Å²) in [6, 6.07) is 0. The average molecular weight is 693 g/mol. The number of allylic oxidation sites excluding steroid dienone is 2. The van der Waals surface area contributed by atoms with E-state index in [9.17, 15) is 29.7 Å². The number of amides is 1. The van der Waals surface area contributed by atoms with Crippen LogP contribution >= 0.6 is 0 Å². The number of epoxide rings is 1. The van der Waals surface area contributed by atoms with Gasteiger partial charge in [-0.25, -0.2) is 4.79 Å². The summed E-state index contributed by atoms with van der Waals surface area (Å²) < 4.78 is 22.8. The molecule has 12 heteroatoms. The maximum absolute atomic E-state index is 12.7. The summed E-state index contributed by atoms with van der Waals surface area (Å²) in [5, 5.41) is 35.4. The third kappa shape index (κ3) is 12.8. The van der Waals surface area contributed by atoms with E-state index in [0.29, 0.717) is 13.0 Å². The smallest absolute Gasteiger partial charge is 0.407 e. The van der Waals surface area contributed by atoms with Crippen molar-refractivity contribution < 1.29 is 48.7 Å². The number of aliphatic hydroxyl groups excluding tert-OH is 2. The number of cyclic esters (lactones) is 1. The number of aliphatic hydroxyl groups is 3. The quantitative estimate of drug-likeness (QED) is 0.0729. The molecule has 0 radical (unpaired) electrons. The lowest BCUT2D eigenvalue weighted by atomic mass is 9.88. The fourth-order valence-corrected chi connectivity index (χ4v) is 6.63. The predicted molar refractivity (Wildman–Crippen MR) is 184 cm³/mol. The van der Waals surface area contributed by atoms with E-state index in [2.05, 4.69) is 10.2 Å². The number of alkyl carbamates (subject to hydrolysis) is 1. The van der Waals surface area contributed by atoms with Gasteiger partial charge in [-0.15, -0.1) is 0 Å². The number of hydrogen-bond acceptors (Lipinski definition) is 11. The van der Waals surface area contributed by atoms with Gasteiger partial charge in [-0.05, 0) is 70.7 Å². The van der Waals surface area contributed by atoms with Crippen LogP contribution in [0.3, 0.4) is 0 Å². The highest BCUT2D eigenvalue weighted by atomic mass is 16.6. The standard InChI is InChI=1S/C37H60N2O10/c1-8-29(47-36(44)38-18-21-39-19-9-10-20-39)26(5)34-35(49-34)32(43)23(2)12-11-13-24(3)33-25(4)14-15-30(46-27(6)40)37(7,45)17-16-28(41)22-31(42)48-33/h11-15,23,25-26,28-30,32-35,41,43,45H,8-10,16-22H2,1-7H3,(H,38,44)/b12-11+,15-14+,24-13+. The third-order valence-corrected chi connectivity index (χ3v) is 9.94. The molecule has 0 spiro atoms. The lowest BCUT2D eigenvalue weighted by Crippen LogP contribution is -2.42. The lowest BCUT2D eigenvalue weighted by Gasteiger charge is -2.32. The number of ether oxygens (including phenoxy) is 4. The largest absolute Gasteiger partial charge is 0.457 e. The number of carbonyl (C=O) groups is 3. The molecule has 11 atom stereocenters. The predicted octanol–water partition coefficient (Wildman–Crippen LogP) is 3.82. The number of esters is 2. The van der Waals surface area contributed by atoms with Gasteiger partial charge >= 0.3 is 18.0 Å². The number of nitrogens with zero attached hydrogens (tertiary/aromatic N) is 1. The molecule has 0 bridgehead atoms. The van der Waals surface area contributed by atoms with E-state index in [1.54, 1.807) is 18.2 Å². The fourth-order valence-electron chi connectivity index (χ4n) is 6.63. The average Bonchev–Trinajstić information content (AvgIpc) is 3.67. The Labute approximate surface area is 291 Å². The zero-order valence-electron chi connectivity index (χ0n) is 30.4. The van der Waals surface area contributed by atoms with Gasteiger partial charge in [-0.3, -0.25) is 9.59 Å². The van der Waals surface area contributed by atoms with E-state index >= 15 is 0 Å². The normalized spacial score (nSPS) is 33.3. The zero-order valence-corrected chi connectivity index (χ0v) is 30.4. The van der Waals surface area contributed by atoms with Crippen LogP contribution in [0, 0.1) is 17.8 Å². The summed E-state index contributed by atoms with van der Waals surface area (Å²) in [6.07, 6.45) is 7.02. The van der Waals surface area contributed by atoms with Crippen molar-refractivity contribution >= 4 is 18.0 Å². The van der Waals surface area contributed by atoms with Crippen LogP contribution < -0.4 is 5.32 Å². The highest BCUT2D eigenvalue weighted by Gasteiger charge is 2.51. The van der Waals surface area contributed by atoms with Crippen LogP contribution in [0.4, 0.5) is 4.79 Å². The Balaban J connectivity index is 1.59. The van der Waals surface area contributed by atoms with Gasteiger partial charge in [0.1, 0.15) is 30.0 Å². The first-order chi connectivity index (χ1) is 23.1. The number of hydrogen-bond donors (Lipinski definition) is 4. The van der Waals surface area contributed by atoms with Crippen LogP contribution in [0.5, 0.6) is 0 Å². The molecule has 278 valence electrons. The molecule has 2 fully saturated rings. The molecule has 1 amide bonds. The molecule has 3 aliphatic heterocycles. The molecule has 3 aliphatic rings. The summed E-state index contributed by atoms with van der Waals surface area (Å²) in [6.45, 7) is 15.8. The number of nitrogens with one attached hydrogen (secondary N) is 1. The second-order valence-corrected chi connectivity index (χ2v) is 14.3. The minimum atomic E-state index is -1.44. The van der Waals surface area contributed by atoms with E-state index in [1.807, 2.05) is 46.8 Å². The summed E-state index contributed by atoms with van der Waals surface area (Å²) in [5.74, 6) is -1.82. The van der Waals surface area contributed by atoms with Crippen LogP contribution in [-0.2, 0) is 28.5 Å². The number of rotatable bonds is 13. The molecule has 2 saturated heterocycles. The van der Waals surface area contributed by atoms with Gasteiger partial charge in [0.15, 0.2) is 0 Å². The molecule has 49 heavy (non-hydrogen) atoms. The molecule has 0 aromatic heterocycles. The van der Waals surface area contributed by atoms with Crippen LogP contribution in [0.1, 0.15) is 87.0 Å². The number of carbonyl (C=O) groups excluding carboxylic acids is 3. The van der Waals surface area contributed by atoms with Crippen molar-refractivity contribution in [1.82, 2.24) is 10.2 Å². The second-order valence-electron chi connectivity index (χ2n) is 14.3. The molecule has 3 rings (SSSR count). The molecule has 0 aromatic carbocycles. The van der Waals surface area contributed by atoms with Crippen molar-refractivity contribution in [3.8, 4) is 0 Å². The van der Waals surface area contributed by atoms with Gasteiger partial charge in [0.05, 0.1) is 24.7 Å². The molecular weight excluding hydrogens is 632 g/mol. The minimum Gasteiger partial charge on any atom is -0.457 e. The lowest BCUT2D eigenvalue weighted by molar-refractivity contribution is -0.157. The maximum atomic E-state index is 12.7. The highest BCUT2D eigenvalue weighted by Crippen LogP contribution is 2.38. The van der Waals surface area contributed by atoms with E-state index in [-0.39, 0.29) is 55.3 Å². The maximum Gasteiger partial charge on any atom is 0.407 e. The Morgan fingerprint density at radius 2 is 1.88 bits per heavy atom. The molecule has 4 N–H and O–H groups in total. The Kier molecular flexibility index (Phi) is 15.8. The summed E-state index contributed by atoms with van der Waals surface area (Å²) >= 11 is 0. The van der Waals surface area contributed by atoms with E-state index < -0.39 is 48.0 Å². The van der Waals surface area contributed by atoms with Crippen molar-refractivity contribution in [3.05, 3.63) is 36.0 Å². The molecule has 12 nitrogen and oxygen atoms in total. The van der Waals surface area contributed by atoms with Gasteiger partial charge in [0.25, 0.3) is 0 Å². The summed E-state index contributed by atoms with van der Waals surface area (Å²) in [5.41, 5.74) is -0.721. The Bertz CT molecular complexity index is 1180. The van der Waals surface area contributed by atoms with Crippen LogP contribution in [0.25, 0.3) is 0 Å². The van der Waals surface area contributed by atoms with Gasteiger partial charge in [0, 0.05) is 37.8 Å². The number of likely N-dealkylation sites (tertiary alicyclic amines) is 1. The van der Waals surface area contributed by atoms with Crippen molar-refractivity contribution in [3.63, 3.8) is 0 Å². The van der Waals surface area contributed by atoms with Gasteiger partial charge < -0.3 is 44.5 Å². The molecule has 0 aromatic rings. The monoisotopic (exact) mass is 692 g/mol. The van der Waals surface area contributed by atoms with Crippen molar-refractivity contribution in [2.75, 3.05) is 26.2 Å². The van der Waals surface area contributed by atoms with Crippen LogP contribution in [0.2, 0.25) is 0 Å². The second kappa shape index (κ2) is 19.0. The SMILES string of the molecule is CCC(OC(=O)NCCN1CCCC1)C(C)C1OC1C(O)C(C)/C=C/C=C(\C)C1OC(=O)CC(O)CCC(C)(O)C(OC(C)=O)/C=C/C1C. The first-order valence-electron chi connectivity index (χ1n) is 17.9. The van der Waals surface area contributed by atoms with Crippen molar-refractivity contribution in [2.45, 2.75) is 135 Å². The van der Waals surface area contributed by atoms with E-state index in [4.69, 9.17) is 18.9 Å². The fraction of sp³-hybridized carbons (Fsp3) is 0.757. The minimum absolute atomic E-state index is 0.0970. The molecule has 0 aliphatic carbocycles. The van der Waals surface area contributed by atoms with E-state index in [1.165, 1.54) is 26.7 Å². The van der Waals surface area contributed by atoms with Crippen LogP contribution in [0.15, 0.2) is 36.0 Å². The topological polar surface area (TPSA) is 167 Å². The Hall–Kier alpha value is -2.77. The molecule has 3 heterocycles. The summed E-state index contributed by atoms with van der Waals surface area (Å²) in [7, 11) is 0.